The lowest BCUT2D eigenvalue weighted by molar-refractivity contribution is -0.153. The lowest BCUT2D eigenvalue weighted by Gasteiger charge is -2.36. The summed E-state index contributed by atoms with van der Waals surface area (Å²) < 4.78 is 47.7. The van der Waals surface area contributed by atoms with Gasteiger partial charge in [0.15, 0.2) is 6.61 Å². The molecule has 2 N–H and O–H groups in total. The number of ether oxygens (including phenoxy) is 2. The van der Waals surface area contributed by atoms with Gasteiger partial charge in [0.05, 0.1) is 17.2 Å². The average Bonchev–Trinajstić information content (AvgIpc) is 2.89. The second-order valence-corrected chi connectivity index (χ2v) is 7.73. The lowest BCUT2D eigenvalue weighted by atomic mass is 9.79. The average molecular weight is 413 g/mol. The standard InChI is InChI=1S/C21H26F3NO4/c1-4-13-10-15(29-11-21(22,23)24)9-12(2)16(13)17-18(26)20(25-19(17)27)7-5-14(28-3)6-8-20/h9-10,14,26H,4-8,11H2,1-3H3,(H,25,27). The number of nitrogens with one attached hydrogen (secondary N) is 1. The van der Waals surface area contributed by atoms with Gasteiger partial charge in [0.2, 0.25) is 0 Å². The Hall–Kier alpha value is -2.22. The van der Waals surface area contributed by atoms with Crippen molar-refractivity contribution in [1.29, 1.82) is 0 Å². The van der Waals surface area contributed by atoms with E-state index in [9.17, 15) is 23.1 Å². The number of alkyl halides is 3. The van der Waals surface area contributed by atoms with Crippen molar-refractivity contribution in [2.75, 3.05) is 13.7 Å². The molecule has 2 aliphatic rings. The summed E-state index contributed by atoms with van der Waals surface area (Å²) in [5.41, 5.74) is 1.21. The minimum atomic E-state index is -4.43. The number of aliphatic hydroxyl groups is 1. The van der Waals surface area contributed by atoms with E-state index in [2.05, 4.69) is 5.32 Å². The lowest BCUT2D eigenvalue weighted by Crippen LogP contribution is -2.48. The van der Waals surface area contributed by atoms with Gasteiger partial charge in [-0.15, -0.1) is 0 Å². The highest BCUT2D eigenvalue weighted by Gasteiger charge is 2.48. The van der Waals surface area contributed by atoms with Gasteiger partial charge < -0.3 is 19.9 Å². The molecule has 0 aromatic heterocycles. The highest BCUT2D eigenvalue weighted by Crippen LogP contribution is 2.43. The summed E-state index contributed by atoms with van der Waals surface area (Å²) in [6.07, 6.45) is -1.27. The molecule has 0 radical (unpaired) electrons. The van der Waals surface area contributed by atoms with Crippen LogP contribution in [-0.2, 0) is 16.0 Å². The minimum Gasteiger partial charge on any atom is -0.509 e. The summed E-state index contributed by atoms with van der Waals surface area (Å²) in [5, 5.41) is 14.0. The Morgan fingerprint density at radius 2 is 1.93 bits per heavy atom. The molecule has 8 heteroatoms. The summed E-state index contributed by atoms with van der Waals surface area (Å²) in [6, 6.07) is 2.98. The van der Waals surface area contributed by atoms with Crippen LogP contribution in [0.4, 0.5) is 13.2 Å². The maximum absolute atomic E-state index is 12.8. The number of carbonyl (C=O) groups is 1. The molecule has 160 valence electrons. The van der Waals surface area contributed by atoms with E-state index >= 15 is 0 Å². The van der Waals surface area contributed by atoms with Crippen LogP contribution in [0.25, 0.3) is 5.57 Å². The predicted octanol–water partition coefficient (Wildman–Crippen LogP) is 4.23. The molecule has 0 saturated heterocycles. The van der Waals surface area contributed by atoms with Crippen LogP contribution < -0.4 is 10.1 Å². The Balaban J connectivity index is 1.97. The van der Waals surface area contributed by atoms with Gasteiger partial charge in [-0.1, -0.05) is 6.92 Å². The van der Waals surface area contributed by atoms with Gasteiger partial charge in [-0.3, -0.25) is 4.79 Å². The third-order valence-corrected chi connectivity index (χ3v) is 5.81. The van der Waals surface area contributed by atoms with Crippen LogP contribution in [0.3, 0.4) is 0 Å². The van der Waals surface area contributed by atoms with Crippen molar-refractivity contribution in [1.82, 2.24) is 5.32 Å². The summed E-state index contributed by atoms with van der Waals surface area (Å²) >= 11 is 0. The van der Waals surface area contributed by atoms with Crippen molar-refractivity contribution < 1.29 is 32.5 Å². The van der Waals surface area contributed by atoms with Crippen LogP contribution in [0, 0.1) is 6.92 Å². The highest BCUT2D eigenvalue weighted by molar-refractivity contribution is 6.24. The number of hydrogen-bond donors (Lipinski definition) is 2. The summed E-state index contributed by atoms with van der Waals surface area (Å²) in [6.45, 7) is 2.16. The van der Waals surface area contributed by atoms with E-state index in [-0.39, 0.29) is 29.1 Å². The van der Waals surface area contributed by atoms with E-state index in [4.69, 9.17) is 9.47 Å². The number of rotatable bonds is 5. The van der Waals surface area contributed by atoms with Crippen LogP contribution in [0.2, 0.25) is 0 Å². The number of hydrogen-bond acceptors (Lipinski definition) is 4. The Morgan fingerprint density at radius 1 is 1.28 bits per heavy atom. The van der Waals surface area contributed by atoms with Gasteiger partial charge in [-0.05, 0) is 67.9 Å². The molecule has 1 aromatic rings. The third-order valence-electron chi connectivity index (χ3n) is 5.81. The number of aryl methyl sites for hydroxylation is 2. The first-order valence-corrected chi connectivity index (χ1v) is 9.72. The molecule has 1 heterocycles. The zero-order chi connectivity index (χ0) is 21.4. The van der Waals surface area contributed by atoms with E-state index in [0.717, 1.165) is 12.8 Å². The molecule has 1 aliphatic heterocycles. The molecule has 0 unspecified atom stereocenters. The molecule has 1 amide bonds. The molecular formula is C21H26F3NO4. The molecule has 5 nitrogen and oxygen atoms in total. The van der Waals surface area contributed by atoms with E-state index in [1.54, 1.807) is 14.0 Å². The number of aliphatic hydroxyl groups excluding tert-OH is 1. The smallest absolute Gasteiger partial charge is 0.422 e. The maximum Gasteiger partial charge on any atom is 0.422 e. The van der Waals surface area contributed by atoms with Crippen molar-refractivity contribution in [2.24, 2.45) is 0 Å². The molecule has 3 rings (SSSR count). The molecule has 1 aliphatic carbocycles. The zero-order valence-electron chi connectivity index (χ0n) is 16.8. The van der Waals surface area contributed by atoms with Crippen molar-refractivity contribution >= 4 is 11.5 Å². The van der Waals surface area contributed by atoms with Crippen molar-refractivity contribution in [3.05, 3.63) is 34.6 Å². The van der Waals surface area contributed by atoms with Crippen LogP contribution in [-0.4, -0.2) is 42.5 Å². The molecule has 1 aromatic carbocycles. The molecular weight excluding hydrogens is 387 g/mol. The number of methoxy groups -OCH3 is 1. The molecule has 0 atom stereocenters. The first-order chi connectivity index (χ1) is 13.6. The van der Waals surface area contributed by atoms with Gasteiger partial charge >= 0.3 is 6.18 Å². The topological polar surface area (TPSA) is 67.8 Å². The SMILES string of the molecule is CCc1cc(OCC(F)(F)F)cc(C)c1C1=C(O)C2(CCC(OC)CC2)NC1=O. The Labute approximate surface area is 167 Å². The monoisotopic (exact) mass is 413 g/mol. The van der Waals surface area contributed by atoms with Crippen molar-refractivity contribution in [2.45, 2.75) is 63.8 Å². The first-order valence-electron chi connectivity index (χ1n) is 9.72. The predicted molar refractivity (Wildman–Crippen MR) is 102 cm³/mol. The quantitative estimate of drug-likeness (QED) is 0.758. The third kappa shape index (κ3) is 4.22. The largest absolute Gasteiger partial charge is 0.509 e. The van der Waals surface area contributed by atoms with Gasteiger partial charge in [-0.2, -0.15) is 13.2 Å². The molecule has 0 bridgehead atoms. The summed E-state index contributed by atoms with van der Waals surface area (Å²) in [7, 11) is 1.65. The fourth-order valence-electron chi connectivity index (χ4n) is 4.31. The van der Waals surface area contributed by atoms with E-state index < -0.39 is 18.3 Å². The van der Waals surface area contributed by atoms with E-state index in [1.807, 2.05) is 6.92 Å². The summed E-state index contributed by atoms with van der Waals surface area (Å²) in [4.78, 5) is 12.8. The second kappa shape index (κ2) is 7.89. The maximum atomic E-state index is 12.8. The summed E-state index contributed by atoms with van der Waals surface area (Å²) in [5.74, 6) is -0.256. The van der Waals surface area contributed by atoms with Crippen molar-refractivity contribution in [3.63, 3.8) is 0 Å². The molecule has 29 heavy (non-hydrogen) atoms. The normalized spacial score (nSPS) is 24.9. The van der Waals surface area contributed by atoms with Gasteiger partial charge in [0.1, 0.15) is 11.5 Å². The van der Waals surface area contributed by atoms with Crippen LogP contribution in [0.1, 0.15) is 49.3 Å². The molecule has 1 fully saturated rings. The number of benzene rings is 1. The van der Waals surface area contributed by atoms with E-state index in [0.29, 0.717) is 36.0 Å². The Bertz CT molecular complexity index is 824. The van der Waals surface area contributed by atoms with Crippen molar-refractivity contribution in [3.8, 4) is 5.75 Å². The van der Waals surface area contributed by atoms with Gasteiger partial charge in [0.25, 0.3) is 5.91 Å². The second-order valence-electron chi connectivity index (χ2n) is 7.73. The number of halogens is 3. The van der Waals surface area contributed by atoms with Crippen LogP contribution in [0.15, 0.2) is 17.9 Å². The fraction of sp³-hybridized carbons (Fsp3) is 0.571. The fourth-order valence-corrected chi connectivity index (χ4v) is 4.31. The Morgan fingerprint density at radius 3 is 2.48 bits per heavy atom. The van der Waals surface area contributed by atoms with Gasteiger partial charge in [-0.25, -0.2) is 0 Å². The van der Waals surface area contributed by atoms with Gasteiger partial charge in [0, 0.05) is 7.11 Å². The molecule has 1 saturated carbocycles. The minimum absolute atomic E-state index is 0.0128. The first kappa shape index (κ1) is 21.5. The molecule has 1 spiro atoms. The van der Waals surface area contributed by atoms with E-state index in [1.165, 1.54) is 12.1 Å². The van der Waals surface area contributed by atoms with Crippen LogP contribution in [0.5, 0.6) is 5.75 Å². The Kier molecular flexibility index (Phi) is 5.85. The highest BCUT2D eigenvalue weighted by atomic mass is 19.4. The van der Waals surface area contributed by atoms with Crippen LogP contribution >= 0.6 is 0 Å². The number of carbonyl (C=O) groups excluding carboxylic acids is 1. The zero-order valence-corrected chi connectivity index (χ0v) is 16.8. The number of amides is 1.